The lowest BCUT2D eigenvalue weighted by Gasteiger charge is -2.08. The van der Waals surface area contributed by atoms with Gasteiger partial charge in [0, 0.05) is 18.3 Å². The second-order valence-electron chi connectivity index (χ2n) is 6.31. The fraction of sp³-hybridized carbons (Fsp3) is 0.278. The van der Waals surface area contributed by atoms with E-state index in [0.29, 0.717) is 36.6 Å². The van der Waals surface area contributed by atoms with Crippen molar-refractivity contribution in [1.29, 1.82) is 0 Å². The largest absolute Gasteiger partial charge is 0.350 e. The van der Waals surface area contributed by atoms with Crippen LogP contribution in [-0.2, 0) is 13.1 Å². The summed E-state index contributed by atoms with van der Waals surface area (Å²) < 4.78 is 4.21. The molecule has 1 N–H and O–H groups in total. The van der Waals surface area contributed by atoms with Crippen molar-refractivity contribution in [2.24, 2.45) is 0 Å². The number of hydrogen-bond acceptors (Lipinski definition) is 5. The minimum absolute atomic E-state index is 0.0179. The van der Waals surface area contributed by atoms with Gasteiger partial charge < -0.3 is 5.32 Å². The zero-order valence-corrected chi connectivity index (χ0v) is 17.0. The molecule has 9 nitrogen and oxygen atoms in total. The predicted molar refractivity (Wildman–Crippen MR) is 106 cm³/mol. The number of carbonyl (C=O) groups is 1. The van der Waals surface area contributed by atoms with Crippen molar-refractivity contribution in [2.75, 3.05) is 6.54 Å². The van der Waals surface area contributed by atoms with E-state index < -0.39 is 4.92 Å². The Morgan fingerprint density at radius 1 is 1.36 bits per heavy atom. The second kappa shape index (κ2) is 8.34. The summed E-state index contributed by atoms with van der Waals surface area (Å²) in [6.07, 6.45) is 3.57. The quantitative estimate of drug-likeness (QED) is 0.443. The summed E-state index contributed by atoms with van der Waals surface area (Å²) >= 11 is 3.36. The molecule has 2 aromatic heterocycles. The molecule has 1 amide bonds. The number of nitro groups is 1. The molecule has 0 aliphatic heterocycles. The average Bonchev–Trinajstić information content (AvgIpc) is 3.17. The molecule has 0 atom stereocenters. The van der Waals surface area contributed by atoms with Gasteiger partial charge in [-0.2, -0.15) is 10.2 Å². The van der Waals surface area contributed by atoms with Gasteiger partial charge >= 0.3 is 5.69 Å². The zero-order valence-electron chi connectivity index (χ0n) is 15.4. The highest BCUT2D eigenvalue weighted by Crippen LogP contribution is 2.21. The standard InChI is InChI=1S/C18H19BrN6O3/c1-12-17(25(27)28)13(2)24(22-12)7-6-20-18(26)15-5-3-4-14(8-15)10-23-11-16(19)9-21-23/h3-5,8-9,11H,6-7,10H2,1-2H3,(H,20,26). The third-order valence-electron chi connectivity index (χ3n) is 4.27. The Hall–Kier alpha value is -3.01. The first-order chi connectivity index (χ1) is 13.3. The maximum absolute atomic E-state index is 12.4. The van der Waals surface area contributed by atoms with Crippen LogP contribution < -0.4 is 5.32 Å². The molecule has 0 aliphatic carbocycles. The number of aromatic nitrogens is 4. The van der Waals surface area contributed by atoms with Crippen LogP contribution in [0.3, 0.4) is 0 Å². The van der Waals surface area contributed by atoms with Crippen LogP contribution in [0, 0.1) is 24.0 Å². The van der Waals surface area contributed by atoms with Gasteiger partial charge in [0.15, 0.2) is 0 Å². The summed E-state index contributed by atoms with van der Waals surface area (Å²) in [5.74, 6) is -0.209. The van der Waals surface area contributed by atoms with Crippen LogP contribution in [0.1, 0.15) is 27.3 Å². The molecule has 0 bridgehead atoms. The van der Waals surface area contributed by atoms with E-state index in [4.69, 9.17) is 0 Å². The topological polar surface area (TPSA) is 108 Å². The van der Waals surface area contributed by atoms with E-state index in [0.717, 1.165) is 10.0 Å². The molecule has 1 aromatic carbocycles. The van der Waals surface area contributed by atoms with Gasteiger partial charge in [0.25, 0.3) is 5.91 Å². The number of rotatable bonds is 7. The molecule has 0 saturated carbocycles. The fourth-order valence-corrected chi connectivity index (χ4v) is 3.30. The molecular formula is C18H19BrN6O3. The summed E-state index contributed by atoms with van der Waals surface area (Å²) in [6, 6.07) is 7.32. The molecule has 3 aromatic rings. The Morgan fingerprint density at radius 3 is 2.79 bits per heavy atom. The average molecular weight is 447 g/mol. The molecule has 0 radical (unpaired) electrons. The molecule has 0 fully saturated rings. The normalized spacial score (nSPS) is 10.8. The smallest absolute Gasteiger partial charge is 0.312 e. The van der Waals surface area contributed by atoms with Crippen molar-refractivity contribution in [1.82, 2.24) is 24.9 Å². The number of nitrogens with zero attached hydrogens (tertiary/aromatic N) is 5. The maximum Gasteiger partial charge on any atom is 0.312 e. The Bertz CT molecular complexity index is 1030. The zero-order chi connectivity index (χ0) is 20.3. The molecule has 3 rings (SSSR count). The van der Waals surface area contributed by atoms with E-state index in [1.165, 1.54) is 0 Å². The van der Waals surface area contributed by atoms with Crippen molar-refractivity contribution >= 4 is 27.5 Å². The monoisotopic (exact) mass is 446 g/mol. The molecule has 0 unspecified atom stereocenters. The van der Waals surface area contributed by atoms with Crippen molar-refractivity contribution in [3.63, 3.8) is 0 Å². The van der Waals surface area contributed by atoms with Crippen LogP contribution in [0.2, 0.25) is 0 Å². The Balaban J connectivity index is 1.60. The first kappa shape index (κ1) is 19.7. The lowest BCUT2D eigenvalue weighted by atomic mass is 10.1. The van der Waals surface area contributed by atoms with Crippen molar-refractivity contribution < 1.29 is 9.72 Å². The molecule has 2 heterocycles. The predicted octanol–water partition coefficient (Wildman–Crippen LogP) is 2.85. The van der Waals surface area contributed by atoms with Gasteiger partial charge in [-0.25, -0.2) is 0 Å². The molecule has 0 aliphatic rings. The summed E-state index contributed by atoms with van der Waals surface area (Å²) in [6.45, 7) is 4.48. The number of aryl methyl sites for hydroxylation is 1. The van der Waals surface area contributed by atoms with Crippen LogP contribution in [0.25, 0.3) is 0 Å². The number of hydrogen-bond donors (Lipinski definition) is 1. The van der Waals surface area contributed by atoms with Crippen LogP contribution >= 0.6 is 15.9 Å². The molecule has 28 heavy (non-hydrogen) atoms. The maximum atomic E-state index is 12.4. The van der Waals surface area contributed by atoms with Gasteiger partial charge in [-0.1, -0.05) is 12.1 Å². The number of benzene rings is 1. The highest BCUT2D eigenvalue weighted by atomic mass is 79.9. The molecular weight excluding hydrogens is 428 g/mol. The lowest BCUT2D eigenvalue weighted by Crippen LogP contribution is -2.28. The SMILES string of the molecule is Cc1nn(CCNC(=O)c2cccc(Cn3cc(Br)cn3)c2)c(C)c1[N+](=O)[O-]. The molecule has 0 spiro atoms. The van der Waals surface area contributed by atoms with Crippen molar-refractivity contribution in [2.45, 2.75) is 26.9 Å². The van der Waals surface area contributed by atoms with Gasteiger partial charge in [-0.15, -0.1) is 0 Å². The Labute approximate surface area is 169 Å². The first-order valence-corrected chi connectivity index (χ1v) is 9.38. The number of carbonyl (C=O) groups excluding carboxylic acids is 1. The van der Waals surface area contributed by atoms with Gasteiger partial charge in [0.2, 0.25) is 0 Å². The summed E-state index contributed by atoms with van der Waals surface area (Å²) in [5.41, 5.74) is 2.36. The highest BCUT2D eigenvalue weighted by Gasteiger charge is 2.21. The number of nitrogens with one attached hydrogen (secondary N) is 1. The van der Waals surface area contributed by atoms with Crippen LogP contribution in [0.4, 0.5) is 5.69 Å². The van der Waals surface area contributed by atoms with E-state index in [1.54, 1.807) is 35.5 Å². The second-order valence-corrected chi connectivity index (χ2v) is 7.23. The van der Waals surface area contributed by atoms with Gasteiger partial charge in [-0.05, 0) is 47.5 Å². The van der Waals surface area contributed by atoms with E-state index >= 15 is 0 Å². The number of amides is 1. The van der Waals surface area contributed by atoms with Gasteiger partial charge in [0.1, 0.15) is 11.4 Å². The third-order valence-corrected chi connectivity index (χ3v) is 4.68. The van der Waals surface area contributed by atoms with Gasteiger partial charge in [0.05, 0.1) is 28.7 Å². The van der Waals surface area contributed by atoms with Crippen LogP contribution in [-0.4, -0.2) is 36.9 Å². The molecule has 10 heteroatoms. The minimum Gasteiger partial charge on any atom is -0.350 e. The van der Waals surface area contributed by atoms with Crippen LogP contribution in [0.5, 0.6) is 0 Å². The summed E-state index contributed by atoms with van der Waals surface area (Å²) in [5, 5.41) is 22.3. The Kier molecular flexibility index (Phi) is 5.88. The van der Waals surface area contributed by atoms with Crippen molar-refractivity contribution in [3.8, 4) is 0 Å². The minimum atomic E-state index is -0.434. The fourth-order valence-electron chi connectivity index (χ4n) is 2.97. The first-order valence-electron chi connectivity index (χ1n) is 8.58. The summed E-state index contributed by atoms with van der Waals surface area (Å²) in [7, 11) is 0. The number of halogens is 1. The molecule has 146 valence electrons. The van der Waals surface area contributed by atoms with E-state index in [2.05, 4.69) is 31.4 Å². The lowest BCUT2D eigenvalue weighted by molar-refractivity contribution is -0.386. The highest BCUT2D eigenvalue weighted by molar-refractivity contribution is 9.10. The summed E-state index contributed by atoms with van der Waals surface area (Å²) in [4.78, 5) is 23.1. The van der Waals surface area contributed by atoms with E-state index in [9.17, 15) is 14.9 Å². The molecule has 0 saturated heterocycles. The van der Waals surface area contributed by atoms with Crippen molar-refractivity contribution in [3.05, 3.63) is 73.8 Å². The third kappa shape index (κ3) is 4.45. The Morgan fingerprint density at radius 2 is 2.14 bits per heavy atom. The van der Waals surface area contributed by atoms with E-state index in [1.807, 2.05) is 24.4 Å². The van der Waals surface area contributed by atoms with Crippen LogP contribution in [0.15, 0.2) is 41.1 Å². The van der Waals surface area contributed by atoms with Gasteiger partial charge in [-0.3, -0.25) is 24.3 Å². The van der Waals surface area contributed by atoms with E-state index in [-0.39, 0.29) is 11.6 Å².